The number of benzene rings is 1. The van der Waals surface area contributed by atoms with Gasteiger partial charge in [-0.2, -0.15) is 5.10 Å². The number of hydrogen-bond donors (Lipinski definition) is 2. The number of hydrazine groups is 1. The summed E-state index contributed by atoms with van der Waals surface area (Å²) in [5, 5.41) is 5.01. The van der Waals surface area contributed by atoms with Crippen molar-refractivity contribution in [3.63, 3.8) is 0 Å². The van der Waals surface area contributed by atoms with Crippen LogP contribution in [0.25, 0.3) is 0 Å². The van der Waals surface area contributed by atoms with Crippen LogP contribution < -0.4 is 11.3 Å². The minimum Gasteiger partial charge on any atom is -0.271 e. The van der Waals surface area contributed by atoms with Crippen molar-refractivity contribution >= 4 is 39.3 Å². The molecule has 21 heavy (non-hydrogen) atoms. The van der Waals surface area contributed by atoms with Crippen LogP contribution in [0, 0.1) is 6.92 Å². The molecule has 1 unspecified atom stereocenters. The van der Waals surface area contributed by atoms with Crippen LogP contribution in [0.3, 0.4) is 0 Å². The average Bonchev–Trinajstić information content (AvgIpc) is 2.71. The Morgan fingerprint density at radius 3 is 2.62 bits per heavy atom. The first-order valence-corrected chi connectivity index (χ1v) is 8.69. The lowest BCUT2D eigenvalue weighted by molar-refractivity contribution is 0.574. The fraction of sp³-hybridized carbons (Fsp3) is 0.357. The summed E-state index contributed by atoms with van der Waals surface area (Å²) in [7, 11) is 1.85. The molecule has 3 N–H and O–H groups in total. The number of aryl methyl sites for hydroxylation is 2. The molecule has 0 saturated heterocycles. The quantitative estimate of drug-likeness (QED) is 0.452. The summed E-state index contributed by atoms with van der Waals surface area (Å²) in [5.74, 6) is 6.54. The Balaban J connectivity index is 1.98. The molecule has 0 aliphatic carbocycles. The van der Waals surface area contributed by atoms with E-state index in [1.165, 1.54) is 4.90 Å². The molecule has 2 aromatic rings. The number of nitrogens with one attached hydrogen (secondary N) is 1. The largest absolute Gasteiger partial charge is 0.271 e. The van der Waals surface area contributed by atoms with Crippen molar-refractivity contribution in [3.8, 4) is 0 Å². The van der Waals surface area contributed by atoms with Gasteiger partial charge >= 0.3 is 0 Å². The van der Waals surface area contributed by atoms with E-state index < -0.39 is 0 Å². The van der Waals surface area contributed by atoms with E-state index in [1.807, 2.05) is 26.1 Å². The van der Waals surface area contributed by atoms with E-state index in [-0.39, 0.29) is 6.04 Å². The van der Waals surface area contributed by atoms with Crippen molar-refractivity contribution in [1.82, 2.24) is 15.2 Å². The summed E-state index contributed by atoms with van der Waals surface area (Å²) >= 11 is 11.5. The first-order chi connectivity index (χ1) is 10.0. The zero-order valence-corrected chi connectivity index (χ0v) is 15.1. The van der Waals surface area contributed by atoms with Crippen molar-refractivity contribution in [1.29, 1.82) is 0 Å². The number of thioether (sulfide) groups is 1. The lowest BCUT2D eigenvalue weighted by Crippen LogP contribution is -2.38. The Kier molecular flexibility index (Phi) is 6.13. The SMILES string of the molecule is Cc1nn(C)c(Cl)c1CC(CSc1ccc(Br)cc1)NN. The molecule has 0 aliphatic rings. The highest BCUT2D eigenvalue weighted by molar-refractivity contribution is 9.10. The van der Waals surface area contributed by atoms with E-state index in [1.54, 1.807) is 16.4 Å². The van der Waals surface area contributed by atoms with Gasteiger partial charge < -0.3 is 0 Å². The third-order valence-corrected chi connectivity index (χ3v) is 5.40. The summed E-state index contributed by atoms with van der Waals surface area (Å²) in [5.41, 5.74) is 4.88. The number of rotatable bonds is 6. The molecule has 0 spiro atoms. The van der Waals surface area contributed by atoms with Gasteiger partial charge in [0.05, 0.1) is 5.69 Å². The van der Waals surface area contributed by atoms with Crippen molar-refractivity contribution in [2.24, 2.45) is 12.9 Å². The highest BCUT2D eigenvalue weighted by Crippen LogP contribution is 2.24. The van der Waals surface area contributed by atoms with E-state index in [4.69, 9.17) is 17.4 Å². The Morgan fingerprint density at radius 2 is 2.10 bits per heavy atom. The maximum atomic E-state index is 6.27. The van der Waals surface area contributed by atoms with Crippen LogP contribution in [0.5, 0.6) is 0 Å². The molecule has 0 amide bonds. The van der Waals surface area contributed by atoms with Crippen LogP contribution in [0.4, 0.5) is 0 Å². The highest BCUT2D eigenvalue weighted by Gasteiger charge is 2.16. The summed E-state index contributed by atoms with van der Waals surface area (Å²) in [6.07, 6.45) is 0.762. The Morgan fingerprint density at radius 1 is 1.43 bits per heavy atom. The zero-order chi connectivity index (χ0) is 15.4. The van der Waals surface area contributed by atoms with Gasteiger partial charge in [-0.15, -0.1) is 11.8 Å². The number of nitrogens with two attached hydrogens (primary N) is 1. The predicted octanol–water partition coefficient (Wildman–Crippen LogP) is 3.31. The van der Waals surface area contributed by atoms with Gasteiger partial charge in [-0.05, 0) is 37.6 Å². The van der Waals surface area contributed by atoms with E-state index in [0.717, 1.165) is 27.9 Å². The average molecular weight is 390 g/mol. The lowest BCUT2D eigenvalue weighted by atomic mass is 10.1. The summed E-state index contributed by atoms with van der Waals surface area (Å²) in [4.78, 5) is 1.22. The van der Waals surface area contributed by atoms with E-state index in [0.29, 0.717) is 5.15 Å². The van der Waals surface area contributed by atoms with Crippen molar-refractivity contribution < 1.29 is 0 Å². The molecule has 2 rings (SSSR count). The first kappa shape index (κ1) is 16.8. The maximum absolute atomic E-state index is 6.27. The summed E-state index contributed by atoms with van der Waals surface area (Å²) < 4.78 is 2.78. The van der Waals surface area contributed by atoms with Crippen LogP contribution in [0.2, 0.25) is 5.15 Å². The summed E-state index contributed by atoms with van der Waals surface area (Å²) in [6, 6.07) is 8.39. The van der Waals surface area contributed by atoms with E-state index in [9.17, 15) is 0 Å². The van der Waals surface area contributed by atoms with Crippen LogP contribution in [-0.4, -0.2) is 21.6 Å². The van der Waals surface area contributed by atoms with Crippen LogP contribution in [0.1, 0.15) is 11.3 Å². The first-order valence-electron chi connectivity index (χ1n) is 6.53. The Labute approximate surface area is 142 Å². The molecule has 0 bridgehead atoms. The molecule has 0 radical (unpaired) electrons. The van der Waals surface area contributed by atoms with Gasteiger partial charge in [-0.25, -0.2) is 0 Å². The van der Waals surface area contributed by atoms with Gasteiger partial charge in [0.1, 0.15) is 5.15 Å². The number of halogens is 2. The molecule has 1 aromatic carbocycles. The fourth-order valence-electron chi connectivity index (χ4n) is 2.05. The number of nitrogens with zero attached hydrogens (tertiary/aromatic N) is 2. The van der Waals surface area contributed by atoms with Gasteiger partial charge in [0.25, 0.3) is 0 Å². The molecule has 1 atom stereocenters. The smallest absolute Gasteiger partial charge is 0.130 e. The maximum Gasteiger partial charge on any atom is 0.130 e. The minimum absolute atomic E-state index is 0.138. The Hall–Kier alpha value is -0.530. The van der Waals surface area contributed by atoms with E-state index >= 15 is 0 Å². The fourth-order valence-corrected chi connectivity index (χ4v) is 3.50. The molecule has 4 nitrogen and oxygen atoms in total. The molecular weight excluding hydrogens is 372 g/mol. The second-order valence-corrected chi connectivity index (χ2v) is 7.18. The van der Waals surface area contributed by atoms with Crippen LogP contribution in [-0.2, 0) is 13.5 Å². The van der Waals surface area contributed by atoms with Gasteiger partial charge in [0.15, 0.2) is 0 Å². The van der Waals surface area contributed by atoms with Gasteiger partial charge in [-0.3, -0.25) is 16.0 Å². The second kappa shape index (κ2) is 7.65. The monoisotopic (exact) mass is 388 g/mol. The predicted molar refractivity (Wildman–Crippen MR) is 92.6 cm³/mol. The Bertz CT molecular complexity index is 600. The van der Waals surface area contributed by atoms with E-state index in [2.05, 4.69) is 38.6 Å². The highest BCUT2D eigenvalue weighted by atomic mass is 79.9. The molecule has 1 heterocycles. The summed E-state index contributed by atoms with van der Waals surface area (Å²) in [6.45, 7) is 1.97. The minimum atomic E-state index is 0.138. The molecule has 1 aromatic heterocycles. The third-order valence-electron chi connectivity index (χ3n) is 3.22. The molecule has 7 heteroatoms. The molecule has 0 aliphatic heterocycles. The number of aromatic nitrogens is 2. The third kappa shape index (κ3) is 4.47. The topological polar surface area (TPSA) is 55.9 Å². The van der Waals surface area contributed by atoms with Crippen LogP contribution in [0.15, 0.2) is 33.6 Å². The van der Waals surface area contributed by atoms with Gasteiger partial charge in [0.2, 0.25) is 0 Å². The standard InChI is InChI=1S/C14H18BrClN4S/c1-9-13(14(16)20(2)19-9)7-11(18-17)8-21-12-5-3-10(15)4-6-12/h3-6,11,18H,7-8,17H2,1-2H3. The van der Waals surface area contributed by atoms with Gasteiger partial charge in [0, 0.05) is 33.8 Å². The number of hydrogen-bond acceptors (Lipinski definition) is 4. The van der Waals surface area contributed by atoms with Gasteiger partial charge in [-0.1, -0.05) is 27.5 Å². The normalized spacial score (nSPS) is 12.6. The molecular formula is C14H18BrClN4S. The lowest BCUT2D eigenvalue weighted by Gasteiger charge is -2.15. The second-order valence-electron chi connectivity index (χ2n) is 4.81. The zero-order valence-electron chi connectivity index (χ0n) is 11.9. The van der Waals surface area contributed by atoms with Crippen LogP contribution >= 0.6 is 39.3 Å². The molecule has 114 valence electrons. The van der Waals surface area contributed by atoms with Crippen molar-refractivity contribution in [2.45, 2.75) is 24.3 Å². The molecule has 0 saturated carbocycles. The van der Waals surface area contributed by atoms with Crippen molar-refractivity contribution in [2.75, 3.05) is 5.75 Å². The van der Waals surface area contributed by atoms with Crippen molar-refractivity contribution in [3.05, 3.63) is 45.1 Å². The molecule has 0 fully saturated rings.